The van der Waals surface area contributed by atoms with Crippen molar-refractivity contribution in [3.63, 3.8) is 0 Å². The van der Waals surface area contributed by atoms with E-state index in [0.29, 0.717) is 3.79 Å². The zero-order valence-electron chi connectivity index (χ0n) is 15.2. The summed E-state index contributed by atoms with van der Waals surface area (Å²) in [5, 5.41) is 2.73. The Hall–Kier alpha value is -1.63. The fraction of sp³-hybridized carbons (Fsp3) is 0.353. The third kappa shape index (κ3) is 4.60. The largest absolute Gasteiger partial charge is 0.416 e. The molecule has 29 heavy (non-hydrogen) atoms. The number of benzene rings is 1. The molecule has 1 aliphatic heterocycles. The van der Waals surface area contributed by atoms with Crippen LogP contribution in [0.25, 0.3) is 0 Å². The molecule has 12 heteroatoms. The number of hydrogen-bond acceptors (Lipinski definition) is 5. The van der Waals surface area contributed by atoms with Crippen molar-refractivity contribution in [1.29, 1.82) is 0 Å². The number of sulfonamides is 1. The van der Waals surface area contributed by atoms with Gasteiger partial charge in [0.1, 0.15) is 4.21 Å². The van der Waals surface area contributed by atoms with Gasteiger partial charge in [-0.2, -0.15) is 17.5 Å². The highest BCUT2D eigenvalue weighted by atomic mass is 79.9. The summed E-state index contributed by atoms with van der Waals surface area (Å²) in [6.07, 6.45) is -4.57. The highest BCUT2D eigenvalue weighted by Crippen LogP contribution is 2.33. The molecule has 6 nitrogen and oxygen atoms in total. The van der Waals surface area contributed by atoms with Gasteiger partial charge in [-0.15, -0.1) is 11.3 Å². The highest BCUT2D eigenvalue weighted by molar-refractivity contribution is 9.11. The van der Waals surface area contributed by atoms with Gasteiger partial charge in [-0.05, 0) is 46.3 Å². The molecule has 1 fully saturated rings. The Morgan fingerprint density at radius 3 is 2.31 bits per heavy atom. The second-order valence-corrected chi connectivity index (χ2v) is 10.9. The maximum Gasteiger partial charge on any atom is 0.416 e. The Bertz CT molecular complexity index is 1020. The van der Waals surface area contributed by atoms with E-state index in [2.05, 4.69) is 21.2 Å². The average Bonchev–Trinajstić information content (AvgIpc) is 3.13. The van der Waals surface area contributed by atoms with E-state index in [1.165, 1.54) is 28.4 Å². The normalized spacial score (nSPS) is 16.1. The molecule has 0 radical (unpaired) electrons. The van der Waals surface area contributed by atoms with Crippen LogP contribution in [0.4, 0.5) is 18.9 Å². The second-order valence-electron chi connectivity index (χ2n) is 6.26. The van der Waals surface area contributed by atoms with Crippen molar-refractivity contribution < 1.29 is 26.4 Å². The molecular formula is C17H17BrF3N3O3S2. The number of thiophene rings is 1. The summed E-state index contributed by atoms with van der Waals surface area (Å²) in [7, 11) is -2.15. The Kier molecular flexibility index (Phi) is 6.27. The first-order valence-electron chi connectivity index (χ1n) is 8.48. The first-order chi connectivity index (χ1) is 13.5. The van der Waals surface area contributed by atoms with Crippen LogP contribution < -0.4 is 5.32 Å². The molecule has 1 saturated heterocycles. The minimum Gasteiger partial charge on any atom is -0.387 e. The lowest BCUT2D eigenvalue weighted by molar-refractivity contribution is -0.137. The predicted molar refractivity (Wildman–Crippen MR) is 108 cm³/mol. The molecule has 1 aliphatic rings. The fourth-order valence-corrected chi connectivity index (χ4v) is 6.57. The monoisotopic (exact) mass is 511 g/mol. The van der Waals surface area contributed by atoms with Crippen molar-refractivity contribution in [3.05, 3.63) is 45.2 Å². The first kappa shape index (κ1) is 22.1. The van der Waals surface area contributed by atoms with Gasteiger partial charge in [0.25, 0.3) is 15.9 Å². The quantitative estimate of drug-likeness (QED) is 0.679. The molecule has 1 amide bonds. The summed E-state index contributed by atoms with van der Waals surface area (Å²) in [4.78, 5) is 14.2. The molecule has 0 bridgehead atoms. The first-order valence-corrected chi connectivity index (χ1v) is 11.5. The third-order valence-electron chi connectivity index (χ3n) is 4.52. The van der Waals surface area contributed by atoms with Crippen LogP contribution in [-0.4, -0.2) is 56.8 Å². The Labute approximate surface area is 178 Å². The summed E-state index contributed by atoms with van der Waals surface area (Å²) < 4.78 is 66.6. The maximum absolute atomic E-state index is 13.0. The molecular weight excluding hydrogens is 495 g/mol. The molecule has 0 aliphatic carbocycles. The third-order valence-corrected chi connectivity index (χ3v) is 8.50. The smallest absolute Gasteiger partial charge is 0.387 e. The number of hydrogen-bond donors (Lipinski definition) is 1. The SMILES string of the molecule is CNc1ccc(C(F)(F)F)cc1C(=O)N1CCN(S(=O)(=O)c2ccc(Br)s2)CC1. The lowest BCUT2D eigenvalue weighted by Gasteiger charge is -2.34. The van der Waals surface area contributed by atoms with Crippen LogP contribution in [-0.2, 0) is 16.2 Å². The standard InChI is InChI=1S/C17H17BrF3N3O3S2/c1-22-13-3-2-11(17(19,20)21)10-12(13)16(25)23-6-8-24(9-7-23)29(26,27)15-5-4-14(18)28-15/h2-5,10,22H,6-9H2,1H3. The predicted octanol–water partition coefficient (Wildman–Crippen LogP) is 3.72. The van der Waals surface area contributed by atoms with Gasteiger partial charge in [0.15, 0.2) is 0 Å². The number of anilines is 1. The highest BCUT2D eigenvalue weighted by Gasteiger charge is 2.34. The molecule has 1 aromatic heterocycles. The molecule has 1 N–H and O–H groups in total. The van der Waals surface area contributed by atoms with E-state index >= 15 is 0 Å². The number of rotatable bonds is 4. The van der Waals surface area contributed by atoms with E-state index in [1.807, 2.05) is 0 Å². The van der Waals surface area contributed by atoms with Crippen molar-refractivity contribution in [2.24, 2.45) is 0 Å². The van der Waals surface area contributed by atoms with Crippen LogP contribution in [0.5, 0.6) is 0 Å². The minimum atomic E-state index is -4.57. The van der Waals surface area contributed by atoms with Crippen molar-refractivity contribution in [3.8, 4) is 0 Å². The Morgan fingerprint density at radius 2 is 1.79 bits per heavy atom. The number of alkyl halides is 3. The molecule has 158 valence electrons. The van der Waals surface area contributed by atoms with Gasteiger partial charge in [0.2, 0.25) is 0 Å². The molecule has 0 unspecified atom stereocenters. The van der Waals surface area contributed by atoms with Crippen molar-refractivity contribution in [2.75, 3.05) is 38.5 Å². The molecule has 0 atom stereocenters. The Balaban J connectivity index is 1.77. The van der Waals surface area contributed by atoms with Gasteiger partial charge in [0.05, 0.1) is 14.9 Å². The van der Waals surface area contributed by atoms with E-state index in [4.69, 9.17) is 0 Å². The number of carbonyl (C=O) groups excluding carboxylic acids is 1. The topological polar surface area (TPSA) is 69.7 Å². The number of halogens is 4. The van der Waals surface area contributed by atoms with Gasteiger partial charge < -0.3 is 10.2 Å². The summed E-state index contributed by atoms with van der Waals surface area (Å²) in [5.74, 6) is -0.573. The van der Waals surface area contributed by atoms with Crippen LogP contribution in [0.3, 0.4) is 0 Å². The number of carbonyl (C=O) groups is 1. The van der Waals surface area contributed by atoms with Crippen LogP contribution in [0, 0.1) is 0 Å². The average molecular weight is 512 g/mol. The van der Waals surface area contributed by atoms with Crippen molar-refractivity contribution in [2.45, 2.75) is 10.4 Å². The van der Waals surface area contributed by atoms with Gasteiger partial charge in [-0.25, -0.2) is 8.42 Å². The van der Waals surface area contributed by atoms with Crippen LogP contribution in [0.15, 0.2) is 38.3 Å². The Morgan fingerprint density at radius 1 is 1.14 bits per heavy atom. The number of piperazine rings is 1. The van der Waals surface area contributed by atoms with E-state index < -0.39 is 27.7 Å². The molecule has 2 aromatic rings. The van der Waals surface area contributed by atoms with E-state index in [0.717, 1.165) is 23.5 Å². The lowest BCUT2D eigenvalue weighted by atomic mass is 10.1. The zero-order valence-corrected chi connectivity index (χ0v) is 18.4. The van der Waals surface area contributed by atoms with E-state index in [-0.39, 0.29) is 41.6 Å². The number of nitrogens with one attached hydrogen (secondary N) is 1. The minimum absolute atomic E-state index is 0.0669. The van der Waals surface area contributed by atoms with E-state index in [1.54, 1.807) is 6.07 Å². The van der Waals surface area contributed by atoms with E-state index in [9.17, 15) is 26.4 Å². The maximum atomic E-state index is 13.0. The molecule has 0 spiro atoms. The van der Waals surface area contributed by atoms with Gasteiger partial charge in [-0.1, -0.05) is 0 Å². The zero-order chi connectivity index (χ0) is 21.4. The van der Waals surface area contributed by atoms with Crippen molar-refractivity contribution >= 4 is 48.9 Å². The van der Waals surface area contributed by atoms with Crippen LogP contribution in [0.2, 0.25) is 0 Å². The summed E-state index contributed by atoms with van der Waals surface area (Å²) >= 11 is 4.33. The summed E-state index contributed by atoms with van der Waals surface area (Å²) in [6, 6.07) is 6.09. The number of nitrogens with zero attached hydrogens (tertiary/aromatic N) is 2. The van der Waals surface area contributed by atoms with Crippen LogP contribution >= 0.6 is 27.3 Å². The molecule has 2 heterocycles. The molecule has 1 aromatic carbocycles. The molecule has 0 saturated carbocycles. The second kappa shape index (κ2) is 8.25. The lowest BCUT2D eigenvalue weighted by Crippen LogP contribution is -2.50. The van der Waals surface area contributed by atoms with Gasteiger partial charge in [-0.3, -0.25) is 4.79 Å². The summed E-state index contributed by atoms with van der Waals surface area (Å²) in [5.41, 5.74) is -0.730. The van der Waals surface area contributed by atoms with Crippen molar-refractivity contribution in [1.82, 2.24) is 9.21 Å². The van der Waals surface area contributed by atoms with Gasteiger partial charge >= 0.3 is 6.18 Å². The number of amides is 1. The van der Waals surface area contributed by atoms with Crippen LogP contribution in [0.1, 0.15) is 15.9 Å². The van der Waals surface area contributed by atoms with Gasteiger partial charge in [0, 0.05) is 38.9 Å². The fourth-order valence-electron chi connectivity index (χ4n) is 2.98. The summed E-state index contributed by atoms with van der Waals surface area (Å²) in [6.45, 7) is 0.308. The molecule has 3 rings (SSSR count).